The molecular weight excluding hydrogens is 232 g/mol. The Hall–Kier alpha value is -1.10. The van der Waals surface area contributed by atoms with Crippen LogP contribution in [0.4, 0.5) is 0 Å². The fourth-order valence-electron chi connectivity index (χ4n) is 2.19. The monoisotopic (exact) mass is 256 g/mol. The highest BCUT2D eigenvalue weighted by Gasteiger charge is 2.21. The van der Waals surface area contributed by atoms with Gasteiger partial charge >= 0.3 is 5.97 Å². The number of carboxylic acid groups (broad SMARTS) is 1. The maximum atomic E-state index is 12.1. The topological polar surface area (TPSA) is 60.9 Å². The summed E-state index contributed by atoms with van der Waals surface area (Å²) in [6.07, 6.45) is 4.50. The highest BCUT2D eigenvalue weighted by Crippen LogP contribution is 2.10. The number of likely N-dealkylation sites (tertiary alicyclic amines) is 1. The van der Waals surface area contributed by atoms with Crippen molar-refractivity contribution in [2.75, 3.05) is 26.2 Å². The number of hydrogen-bond donors (Lipinski definition) is 1. The Morgan fingerprint density at radius 2 is 1.67 bits per heavy atom. The van der Waals surface area contributed by atoms with E-state index < -0.39 is 5.97 Å². The van der Waals surface area contributed by atoms with Crippen LogP contribution in [0.3, 0.4) is 0 Å². The third-order valence-electron chi connectivity index (χ3n) is 3.37. The van der Waals surface area contributed by atoms with Gasteiger partial charge in [0.2, 0.25) is 5.91 Å². The van der Waals surface area contributed by atoms with Gasteiger partial charge in [0.1, 0.15) is 0 Å². The summed E-state index contributed by atoms with van der Waals surface area (Å²) >= 11 is 0. The van der Waals surface area contributed by atoms with Gasteiger partial charge in [-0.1, -0.05) is 12.8 Å². The molecule has 18 heavy (non-hydrogen) atoms. The van der Waals surface area contributed by atoms with Crippen molar-refractivity contribution in [2.24, 2.45) is 0 Å². The lowest BCUT2D eigenvalue weighted by Crippen LogP contribution is -2.45. The third kappa shape index (κ3) is 5.04. The van der Waals surface area contributed by atoms with E-state index in [9.17, 15) is 9.59 Å². The van der Waals surface area contributed by atoms with Crippen molar-refractivity contribution < 1.29 is 14.7 Å². The van der Waals surface area contributed by atoms with Gasteiger partial charge in [-0.2, -0.15) is 0 Å². The highest BCUT2D eigenvalue weighted by molar-refractivity contribution is 5.79. The minimum Gasteiger partial charge on any atom is -0.480 e. The van der Waals surface area contributed by atoms with Crippen LogP contribution in [0, 0.1) is 0 Å². The molecule has 0 aromatic carbocycles. The molecule has 1 aliphatic heterocycles. The van der Waals surface area contributed by atoms with E-state index in [1.807, 2.05) is 18.7 Å². The first-order valence-corrected chi connectivity index (χ1v) is 6.74. The lowest BCUT2D eigenvalue weighted by Gasteiger charge is -2.28. The second kappa shape index (κ2) is 7.36. The first-order chi connectivity index (χ1) is 8.50. The summed E-state index contributed by atoms with van der Waals surface area (Å²) < 4.78 is 0. The average Bonchev–Trinajstić information content (AvgIpc) is 2.55. The van der Waals surface area contributed by atoms with Gasteiger partial charge < -0.3 is 10.0 Å². The van der Waals surface area contributed by atoms with Crippen LogP contribution in [0.1, 0.15) is 39.5 Å². The quantitative estimate of drug-likeness (QED) is 0.802. The van der Waals surface area contributed by atoms with Crippen molar-refractivity contribution in [2.45, 2.75) is 45.6 Å². The van der Waals surface area contributed by atoms with Crippen LogP contribution in [-0.2, 0) is 9.59 Å². The first kappa shape index (κ1) is 15.0. The molecule has 0 bridgehead atoms. The maximum Gasteiger partial charge on any atom is 0.317 e. The SMILES string of the molecule is CC(C)N(CC(=O)O)CC(=O)N1CCCCCC1. The van der Waals surface area contributed by atoms with Gasteiger partial charge in [0, 0.05) is 19.1 Å². The molecule has 1 saturated heterocycles. The van der Waals surface area contributed by atoms with Gasteiger partial charge in [-0.15, -0.1) is 0 Å². The zero-order valence-corrected chi connectivity index (χ0v) is 11.4. The molecule has 104 valence electrons. The molecule has 0 spiro atoms. The van der Waals surface area contributed by atoms with Gasteiger partial charge in [0.25, 0.3) is 0 Å². The van der Waals surface area contributed by atoms with E-state index in [4.69, 9.17) is 5.11 Å². The lowest BCUT2D eigenvalue weighted by molar-refractivity contribution is -0.140. The average molecular weight is 256 g/mol. The van der Waals surface area contributed by atoms with E-state index in [1.54, 1.807) is 4.90 Å². The predicted octanol–water partition coefficient (Wildman–Crippen LogP) is 1.18. The van der Waals surface area contributed by atoms with Crippen LogP contribution in [-0.4, -0.2) is 59.0 Å². The molecule has 0 unspecified atom stereocenters. The van der Waals surface area contributed by atoms with Gasteiger partial charge in [-0.25, -0.2) is 0 Å². The van der Waals surface area contributed by atoms with Crippen molar-refractivity contribution in [3.05, 3.63) is 0 Å². The van der Waals surface area contributed by atoms with Gasteiger partial charge in [0.15, 0.2) is 0 Å². The van der Waals surface area contributed by atoms with Crippen LogP contribution in [0.2, 0.25) is 0 Å². The Bertz CT molecular complexity index is 284. The lowest BCUT2D eigenvalue weighted by atomic mass is 10.2. The molecule has 0 aromatic rings. The van der Waals surface area contributed by atoms with Gasteiger partial charge in [-0.3, -0.25) is 14.5 Å². The molecule has 1 N–H and O–H groups in total. The van der Waals surface area contributed by atoms with Crippen molar-refractivity contribution in [3.63, 3.8) is 0 Å². The minimum atomic E-state index is -0.882. The number of carboxylic acids is 1. The molecule has 0 saturated carbocycles. The molecule has 1 fully saturated rings. The van der Waals surface area contributed by atoms with E-state index in [2.05, 4.69) is 0 Å². The summed E-state index contributed by atoms with van der Waals surface area (Å²) in [4.78, 5) is 26.5. The summed E-state index contributed by atoms with van der Waals surface area (Å²) in [6, 6.07) is 0.0667. The van der Waals surface area contributed by atoms with Gasteiger partial charge in [0.05, 0.1) is 13.1 Å². The standard InChI is InChI=1S/C13H24N2O3/c1-11(2)15(10-13(17)18)9-12(16)14-7-5-3-4-6-8-14/h11H,3-10H2,1-2H3,(H,17,18). The van der Waals surface area contributed by atoms with Crippen LogP contribution >= 0.6 is 0 Å². The van der Waals surface area contributed by atoms with Crippen molar-refractivity contribution >= 4 is 11.9 Å². The second-order valence-electron chi connectivity index (χ2n) is 5.19. The van der Waals surface area contributed by atoms with Gasteiger partial charge in [-0.05, 0) is 26.7 Å². The fourth-order valence-corrected chi connectivity index (χ4v) is 2.19. The van der Waals surface area contributed by atoms with E-state index >= 15 is 0 Å². The number of carbonyl (C=O) groups excluding carboxylic acids is 1. The minimum absolute atomic E-state index is 0.0619. The molecule has 1 heterocycles. The zero-order chi connectivity index (χ0) is 13.5. The van der Waals surface area contributed by atoms with Crippen LogP contribution in [0.15, 0.2) is 0 Å². The first-order valence-electron chi connectivity index (χ1n) is 6.74. The number of nitrogens with zero attached hydrogens (tertiary/aromatic N) is 2. The molecule has 1 aliphatic rings. The molecule has 5 nitrogen and oxygen atoms in total. The van der Waals surface area contributed by atoms with Crippen molar-refractivity contribution in [1.82, 2.24) is 9.80 Å². The summed E-state index contributed by atoms with van der Waals surface area (Å²) in [6.45, 7) is 5.61. The van der Waals surface area contributed by atoms with E-state index in [-0.39, 0.29) is 25.0 Å². The third-order valence-corrected chi connectivity index (χ3v) is 3.37. The number of hydrogen-bond acceptors (Lipinski definition) is 3. The van der Waals surface area contributed by atoms with E-state index in [1.165, 1.54) is 12.8 Å². The predicted molar refractivity (Wildman–Crippen MR) is 69.4 cm³/mol. The number of rotatable bonds is 5. The molecule has 1 rings (SSSR count). The molecule has 0 atom stereocenters. The Labute approximate surface area is 109 Å². The van der Waals surface area contributed by atoms with Crippen LogP contribution in [0.25, 0.3) is 0 Å². The Balaban J connectivity index is 2.51. The highest BCUT2D eigenvalue weighted by atomic mass is 16.4. The maximum absolute atomic E-state index is 12.1. The number of amides is 1. The normalized spacial score (nSPS) is 17.0. The van der Waals surface area contributed by atoms with Crippen molar-refractivity contribution in [1.29, 1.82) is 0 Å². The fraction of sp³-hybridized carbons (Fsp3) is 0.846. The number of carbonyl (C=O) groups is 2. The summed E-state index contributed by atoms with van der Waals surface area (Å²) in [7, 11) is 0. The van der Waals surface area contributed by atoms with Crippen LogP contribution in [0.5, 0.6) is 0 Å². The number of aliphatic carboxylic acids is 1. The van der Waals surface area contributed by atoms with E-state index in [0.717, 1.165) is 25.9 Å². The largest absolute Gasteiger partial charge is 0.480 e. The molecule has 0 aromatic heterocycles. The summed E-state index contributed by atoms with van der Waals surface area (Å²) in [5.41, 5.74) is 0. The smallest absolute Gasteiger partial charge is 0.317 e. The molecule has 0 aliphatic carbocycles. The molecular formula is C13H24N2O3. The summed E-state index contributed by atoms with van der Waals surface area (Å²) in [5.74, 6) is -0.820. The molecule has 5 heteroatoms. The Morgan fingerprint density at radius 3 is 2.11 bits per heavy atom. The Kier molecular flexibility index (Phi) is 6.12. The zero-order valence-electron chi connectivity index (χ0n) is 11.4. The van der Waals surface area contributed by atoms with E-state index in [0.29, 0.717) is 0 Å². The second-order valence-corrected chi connectivity index (χ2v) is 5.19. The van der Waals surface area contributed by atoms with Crippen LogP contribution < -0.4 is 0 Å². The van der Waals surface area contributed by atoms with Crippen molar-refractivity contribution in [3.8, 4) is 0 Å². The molecule has 0 radical (unpaired) electrons. The summed E-state index contributed by atoms with van der Waals surface area (Å²) in [5, 5.41) is 8.83. The Morgan fingerprint density at radius 1 is 1.11 bits per heavy atom. The molecule has 1 amide bonds.